The van der Waals surface area contributed by atoms with Gasteiger partial charge in [0.1, 0.15) is 6.23 Å². The lowest BCUT2D eigenvalue weighted by molar-refractivity contribution is -0.173. The van der Waals surface area contributed by atoms with E-state index in [0.717, 1.165) is 0 Å². The number of amides is 1. The van der Waals surface area contributed by atoms with Gasteiger partial charge in [0, 0.05) is 6.20 Å². The Bertz CT molecular complexity index is 1020. The second kappa shape index (κ2) is 7.53. The van der Waals surface area contributed by atoms with Gasteiger partial charge < -0.3 is 25.5 Å². The van der Waals surface area contributed by atoms with Crippen LogP contribution in [0.25, 0.3) is 11.0 Å². The number of carbonyl (C=O) groups excluding carboxylic acids is 1. The van der Waals surface area contributed by atoms with Gasteiger partial charge in [0.05, 0.1) is 30.2 Å². The van der Waals surface area contributed by atoms with Crippen LogP contribution in [-0.2, 0) is 9.53 Å². The first-order chi connectivity index (χ1) is 13.2. The van der Waals surface area contributed by atoms with Crippen LogP contribution < -0.4 is 16.6 Å². The molecule has 0 aliphatic carbocycles. The van der Waals surface area contributed by atoms with Crippen LogP contribution >= 0.6 is 0 Å². The van der Waals surface area contributed by atoms with Crippen LogP contribution in [0.5, 0.6) is 0 Å². The lowest BCUT2D eigenvalue weighted by Crippen LogP contribution is -2.36. The Balaban J connectivity index is 1.92. The van der Waals surface area contributed by atoms with Crippen molar-refractivity contribution in [3.8, 4) is 11.8 Å². The highest BCUT2D eigenvalue weighted by Crippen LogP contribution is 2.31. The van der Waals surface area contributed by atoms with Crippen molar-refractivity contribution >= 4 is 22.9 Å². The fraction of sp³-hybridized carbons (Fsp3) is 0.438. The second-order valence-corrected chi connectivity index (χ2v) is 6.05. The minimum absolute atomic E-state index is 0.0971. The molecule has 2 aromatic rings. The number of alkyl halides is 3. The molecule has 0 bridgehead atoms. The molecule has 12 heteroatoms. The van der Waals surface area contributed by atoms with Crippen LogP contribution in [0.1, 0.15) is 24.6 Å². The number of nitrogens with one attached hydrogen (secondary N) is 2. The average Bonchev–Trinajstić information content (AvgIpc) is 3.22. The van der Waals surface area contributed by atoms with E-state index in [0.29, 0.717) is 12.8 Å². The first kappa shape index (κ1) is 19.7. The number of anilines is 1. The van der Waals surface area contributed by atoms with Crippen molar-refractivity contribution < 1.29 is 27.8 Å². The fourth-order valence-corrected chi connectivity index (χ4v) is 2.88. The van der Waals surface area contributed by atoms with Crippen molar-refractivity contribution in [1.82, 2.24) is 19.9 Å². The summed E-state index contributed by atoms with van der Waals surface area (Å²) in [6.45, 7) is -0.713. The number of carbonyl (C=O) groups is 1. The van der Waals surface area contributed by atoms with Crippen LogP contribution in [0.4, 0.5) is 19.1 Å². The highest BCUT2D eigenvalue weighted by molar-refractivity contribution is 5.84. The Morgan fingerprint density at radius 2 is 2.25 bits per heavy atom. The molecule has 2 aromatic heterocycles. The first-order valence-corrected chi connectivity index (χ1v) is 8.21. The van der Waals surface area contributed by atoms with E-state index in [-0.39, 0.29) is 35.3 Å². The Morgan fingerprint density at radius 1 is 1.50 bits per heavy atom. The summed E-state index contributed by atoms with van der Waals surface area (Å²) in [7, 11) is 0. The third-order valence-electron chi connectivity index (χ3n) is 4.12. The van der Waals surface area contributed by atoms with E-state index in [1.54, 1.807) is 9.88 Å². The normalized spacial score (nSPS) is 19.4. The van der Waals surface area contributed by atoms with E-state index in [9.17, 15) is 27.9 Å². The molecule has 3 rings (SSSR count). The molecule has 28 heavy (non-hydrogen) atoms. The molecule has 2 atom stereocenters. The van der Waals surface area contributed by atoms with E-state index in [4.69, 9.17) is 10.5 Å². The molecule has 1 saturated heterocycles. The molecule has 150 valence electrons. The number of H-pyrrole nitrogens is 1. The number of aliphatic hydroxyl groups excluding tert-OH is 1. The SMILES string of the molecule is Nc1nc2c(c(C#CCNC(=O)C(F)(F)F)cn2C2CCC(CO)O2)c(=O)[nH]1. The van der Waals surface area contributed by atoms with Gasteiger partial charge in [-0.2, -0.15) is 18.2 Å². The largest absolute Gasteiger partial charge is 0.471 e. The summed E-state index contributed by atoms with van der Waals surface area (Å²) in [5.74, 6) is 2.71. The van der Waals surface area contributed by atoms with Gasteiger partial charge in [-0.05, 0) is 12.8 Å². The van der Waals surface area contributed by atoms with E-state index >= 15 is 0 Å². The summed E-state index contributed by atoms with van der Waals surface area (Å²) < 4.78 is 43.8. The lowest BCUT2D eigenvalue weighted by atomic mass is 10.2. The van der Waals surface area contributed by atoms with E-state index in [1.807, 2.05) is 0 Å². The summed E-state index contributed by atoms with van der Waals surface area (Å²) in [5.41, 5.74) is 5.43. The van der Waals surface area contributed by atoms with Crippen molar-refractivity contribution in [3.63, 3.8) is 0 Å². The van der Waals surface area contributed by atoms with Crippen molar-refractivity contribution in [3.05, 3.63) is 22.1 Å². The number of nitrogen functional groups attached to an aromatic ring is 1. The Hall–Kier alpha value is -3.04. The number of ether oxygens (including phenoxy) is 1. The molecule has 9 nitrogen and oxygen atoms in total. The van der Waals surface area contributed by atoms with Gasteiger partial charge in [0.15, 0.2) is 5.65 Å². The summed E-state index contributed by atoms with van der Waals surface area (Å²) in [5, 5.41) is 10.9. The smallest absolute Gasteiger partial charge is 0.394 e. The number of fused-ring (bicyclic) bond motifs is 1. The maximum Gasteiger partial charge on any atom is 0.471 e. The number of halogens is 3. The highest BCUT2D eigenvalue weighted by atomic mass is 19.4. The molecule has 0 spiro atoms. The van der Waals surface area contributed by atoms with Gasteiger partial charge in [-0.15, -0.1) is 0 Å². The minimum Gasteiger partial charge on any atom is -0.394 e. The molecule has 1 aliphatic rings. The van der Waals surface area contributed by atoms with Gasteiger partial charge in [0.2, 0.25) is 5.95 Å². The Morgan fingerprint density at radius 3 is 2.89 bits per heavy atom. The Kier molecular flexibility index (Phi) is 5.30. The average molecular weight is 399 g/mol. The third-order valence-corrected chi connectivity index (χ3v) is 4.12. The summed E-state index contributed by atoms with van der Waals surface area (Å²) in [6, 6.07) is 0. The zero-order chi connectivity index (χ0) is 20.5. The third kappa shape index (κ3) is 3.95. The molecule has 1 amide bonds. The second-order valence-electron chi connectivity index (χ2n) is 6.05. The van der Waals surface area contributed by atoms with Crippen LogP contribution in [0.15, 0.2) is 11.0 Å². The van der Waals surface area contributed by atoms with Crippen LogP contribution in [0.2, 0.25) is 0 Å². The maximum atomic E-state index is 12.3. The fourth-order valence-electron chi connectivity index (χ4n) is 2.88. The maximum absolute atomic E-state index is 12.3. The molecule has 0 radical (unpaired) electrons. The predicted molar refractivity (Wildman–Crippen MR) is 90.9 cm³/mol. The Labute approximate surface area is 155 Å². The van der Waals surface area contributed by atoms with Crippen molar-refractivity contribution in [2.45, 2.75) is 31.3 Å². The van der Waals surface area contributed by atoms with Gasteiger partial charge >= 0.3 is 12.1 Å². The number of aromatic amines is 1. The number of hydrogen-bond acceptors (Lipinski definition) is 6. The number of nitrogens with zero attached hydrogens (tertiary/aromatic N) is 2. The topological polar surface area (TPSA) is 135 Å². The van der Waals surface area contributed by atoms with Crippen LogP contribution in [0, 0.1) is 11.8 Å². The van der Waals surface area contributed by atoms with E-state index < -0.39 is 30.4 Å². The standard InChI is InChI=1S/C16H16F3N5O4/c17-16(18,19)14(27)21-5-1-2-8-6-24(10-4-3-9(7-25)28-10)12-11(8)13(26)23-15(20)22-12/h6,9-10,25H,3-5,7H2,(H,21,27)(H3,20,22,23,26). The predicted octanol–water partition coefficient (Wildman–Crippen LogP) is 0.00670. The monoisotopic (exact) mass is 399 g/mol. The number of aliphatic hydroxyl groups is 1. The minimum atomic E-state index is -5.00. The molecule has 0 aromatic carbocycles. The first-order valence-electron chi connectivity index (χ1n) is 8.21. The van der Waals surface area contributed by atoms with Crippen LogP contribution in [-0.4, -0.2) is 51.0 Å². The van der Waals surface area contributed by atoms with Gasteiger partial charge in [-0.25, -0.2) is 0 Å². The van der Waals surface area contributed by atoms with Gasteiger partial charge in [0.25, 0.3) is 5.56 Å². The van der Waals surface area contributed by atoms with Gasteiger partial charge in [-0.3, -0.25) is 14.6 Å². The zero-order valence-corrected chi connectivity index (χ0v) is 14.3. The zero-order valence-electron chi connectivity index (χ0n) is 14.3. The van der Waals surface area contributed by atoms with E-state index in [2.05, 4.69) is 21.8 Å². The quantitative estimate of drug-likeness (QED) is 0.537. The summed E-state index contributed by atoms with van der Waals surface area (Å²) in [6.07, 6.45) is -3.22. The molecule has 0 saturated carbocycles. The number of hydrogen-bond donors (Lipinski definition) is 4. The van der Waals surface area contributed by atoms with Crippen molar-refractivity contribution in [2.75, 3.05) is 18.9 Å². The molecule has 2 unspecified atom stereocenters. The lowest BCUT2D eigenvalue weighted by Gasteiger charge is -2.14. The van der Waals surface area contributed by atoms with Crippen LogP contribution in [0.3, 0.4) is 0 Å². The molecule has 1 aliphatic heterocycles. The summed E-state index contributed by atoms with van der Waals surface area (Å²) in [4.78, 5) is 29.5. The highest BCUT2D eigenvalue weighted by Gasteiger charge is 2.38. The molecule has 3 heterocycles. The van der Waals surface area contributed by atoms with E-state index in [1.165, 1.54) is 6.20 Å². The molecule has 5 N–H and O–H groups in total. The molecular weight excluding hydrogens is 383 g/mol. The van der Waals surface area contributed by atoms with Gasteiger partial charge in [-0.1, -0.05) is 11.8 Å². The number of aromatic nitrogens is 3. The number of nitrogens with two attached hydrogens (primary N) is 1. The molecule has 1 fully saturated rings. The summed E-state index contributed by atoms with van der Waals surface area (Å²) >= 11 is 0. The molecular formula is C16H16F3N5O4. The van der Waals surface area contributed by atoms with Crippen molar-refractivity contribution in [1.29, 1.82) is 0 Å². The number of rotatable bonds is 3. The van der Waals surface area contributed by atoms with Crippen molar-refractivity contribution in [2.24, 2.45) is 0 Å².